The number of thioether (sulfide) groups is 1. The lowest BCUT2D eigenvalue weighted by Gasteiger charge is -2.19. The Morgan fingerprint density at radius 3 is 2.50 bits per heavy atom. The third-order valence-corrected chi connectivity index (χ3v) is 5.61. The first-order chi connectivity index (χ1) is 12.7. The van der Waals surface area contributed by atoms with Crippen molar-refractivity contribution >= 4 is 17.5 Å². The molecule has 0 N–H and O–H groups in total. The van der Waals surface area contributed by atoms with Gasteiger partial charge in [0.25, 0.3) is 0 Å². The molecule has 0 spiro atoms. The van der Waals surface area contributed by atoms with Crippen LogP contribution in [0.25, 0.3) is 0 Å². The lowest BCUT2D eigenvalue weighted by Crippen LogP contribution is -2.07. The second-order valence-corrected chi connectivity index (χ2v) is 7.16. The van der Waals surface area contributed by atoms with Crippen LogP contribution in [-0.2, 0) is 0 Å². The first-order valence-corrected chi connectivity index (χ1v) is 9.42. The molecule has 0 radical (unpaired) electrons. The van der Waals surface area contributed by atoms with Crippen LogP contribution in [0.5, 0.6) is 17.2 Å². The zero-order valence-electron chi connectivity index (χ0n) is 15.1. The van der Waals surface area contributed by atoms with Crippen LogP contribution in [0.2, 0.25) is 0 Å². The van der Waals surface area contributed by atoms with E-state index in [1.54, 1.807) is 20.3 Å². The first kappa shape index (κ1) is 18.6. The van der Waals surface area contributed by atoms with Gasteiger partial charge >= 0.3 is 0 Å². The van der Waals surface area contributed by atoms with Crippen molar-refractivity contribution in [1.29, 1.82) is 0 Å². The summed E-state index contributed by atoms with van der Waals surface area (Å²) in [5.74, 6) is 2.33. The number of hydrogen-bond donors (Lipinski definition) is 0. The van der Waals surface area contributed by atoms with Gasteiger partial charge in [0.05, 0.1) is 21.3 Å². The Bertz CT molecular complexity index is 810. The Hall–Kier alpha value is -2.21. The Kier molecular flexibility index (Phi) is 6.04. The van der Waals surface area contributed by atoms with E-state index >= 15 is 0 Å². The fourth-order valence-electron chi connectivity index (χ4n) is 3.01. The highest BCUT2D eigenvalue weighted by Gasteiger charge is 2.23. The summed E-state index contributed by atoms with van der Waals surface area (Å²) >= 11 is 1.84. The molecule has 0 amide bonds. The summed E-state index contributed by atoms with van der Waals surface area (Å²) in [5.41, 5.74) is 2.80. The standard InChI is InChI=1S/C20H22FNO3S/c1-23-14-5-6-15(19(11-14)25-3)20-12-17(22-8-9-26-20)13-4-7-18(24-2)16(21)10-13/h4-7,10-11,20H,8-9,12H2,1-3H3. The molecule has 0 aliphatic carbocycles. The van der Waals surface area contributed by atoms with Crippen LogP contribution in [-0.4, -0.2) is 39.3 Å². The number of hydrogen-bond acceptors (Lipinski definition) is 5. The van der Waals surface area contributed by atoms with Gasteiger partial charge in [-0.15, -0.1) is 0 Å². The van der Waals surface area contributed by atoms with Crippen molar-refractivity contribution < 1.29 is 18.6 Å². The van der Waals surface area contributed by atoms with Gasteiger partial charge in [-0.05, 0) is 29.8 Å². The zero-order valence-corrected chi connectivity index (χ0v) is 15.9. The monoisotopic (exact) mass is 375 g/mol. The summed E-state index contributed by atoms with van der Waals surface area (Å²) < 4.78 is 30.0. The summed E-state index contributed by atoms with van der Waals surface area (Å²) in [4.78, 5) is 4.68. The number of halogens is 1. The summed E-state index contributed by atoms with van der Waals surface area (Å²) in [6.07, 6.45) is 0.707. The van der Waals surface area contributed by atoms with Gasteiger partial charge in [-0.25, -0.2) is 4.39 Å². The minimum Gasteiger partial charge on any atom is -0.497 e. The highest BCUT2D eigenvalue weighted by Crippen LogP contribution is 2.41. The van der Waals surface area contributed by atoms with Crippen molar-refractivity contribution in [2.75, 3.05) is 33.6 Å². The third-order valence-electron chi connectivity index (χ3n) is 4.36. The molecule has 4 nitrogen and oxygen atoms in total. The molecule has 1 unspecified atom stereocenters. The van der Waals surface area contributed by atoms with Crippen molar-refractivity contribution in [3.63, 3.8) is 0 Å². The van der Waals surface area contributed by atoms with Crippen LogP contribution in [0.1, 0.15) is 22.8 Å². The summed E-state index contributed by atoms with van der Waals surface area (Å²) in [6, 6.07) is 10.9. The maximum Gasteiger partial charge on any atom is 0.165 e. The zero-order chi connectivity index (χ0) is 18.5. The Morgan fingerprint density at radius 1 is 1.00 bits per heavy atom. The van der Waals surface area contributed by atoms with Gasteiger partial charge in [0, 0.05) is 41.3 Å². The van der Waals surface area contributed by atoms with E-state index < -0.39 is 0 Å². The molecule has 0 fully saturated rings. The van der Waals surface area contributed by atoms with Crippen LogP contribution in [0.4, 0.5) is 4.39 Å². The average Bonchev–Trinajstić information content (AvgIpc) is 2.93. The van der Waals surface area contributed by atoms with Gasteiger partial charge in [0.2, 0.25) is 0 Å². The molecule has 3 rings (SSSR count). The molecule has 6 heteroatoms. The molecule has 0 saturated carbocycles. The van der Waals surface area contributed by atoms with E-state index in [1.165, 1.54) is 13.2 Å². The molecule has 138 valence electrons. The summed E-state index contributed by atoms with van der Waals surface area (Å²) in [5, 5.41) is 0.183. The van der Waals surface area contributed by atoms with Crippen LogP contribution >= 0.6 is 11.8 Å². The molecule has 2 aromatic carbocycles. The molecule has 0 bridgehead atoms. The highest BCUT2D eigenvalue weighted by molar-refractivity contribution is 7.99. The van der Waals surface area contributed by atoms with Gasteiger partial charge in [-0.2, -0.15) is 11.8 Å². The fourth-order valence-corrected chi connectivity index (χ4v) is 4.15. The number of aliphatic imine (C=N–C) groups is 1. The molecule has 1 atom stereocenters. The van der Waals surface area contributed by atoms with Crippen molar-refractivity contribution in [2.45, 2.75) is 11.7 Å². The van der Waals surface area contributed by atoms with Gasteiger partial charge in [0.15, 0.2) is 11.6 Å². The second-order valence-electron chi connectivity index (χ2n) is 5.85. The molecular formula is C20H22FNO3S. The van der Waals surface area contributed by atoms with Gasteiger partial charge in [-0.1, -0.05) is 6.07 Å². The number of nitrogens with zero attached hydrogens (tertiary/aromatic N) is 1. The van der Waals surface area contributed by atoms with Crippen LogP contribution in [0, 0.1) is 5.82 Å². The molecule has 1 aliphatic heterocycles. The minimum atomic E-state index is -0.372. The number of rotatable bonds is 5. The lowest BCUT2D eigenvalue weighted by atomic mass is 10.00. The van der Waals surface area contributed by atoms with Gasteiger partial charge < -0.3 is 14.2 Å². The number of ether oxygens (including phenoxy) is 3. The first-order valence-electron chi connectivity index (χ1n) is 8.37. The van der Waals surface area contributed by atoms with Crippen molar-refractivity contribution in [1.82, 2.24) is 0 Å². The second kappa shape index (κ2) is 8.45. The maximum atomic E-state index is 14.1. The largest absolute Gasteiger partial charge is 0.497 e. The van der Waals surface area contributed by atoms with E-state index in [2.05, 4.69) is 4.99 Å². The number of benzene rings is 2. The summed E-state index contributed by atoms with van der Waals surface area (Å²) in [6.45, 7) is 0.711. The Balaban J connectivity index is 1.90. The van der Waals surface area contributed by atoms with E-state index in [9.17, 15) is 4.39 Å². The SMILES string of the molecule is COc1ccc(C2CC(c3ccc(OC)c(F)c3)=NCCS2)c(OC)c1. The maximum absolute atomic E-state index is 14.1. The van der Waals surface area contributed by atoms with Gasteiger partial charge in [0.1, 0.15) is 11.5 Å². The Labute approximate surface area is 157 Å². The topological polar surface area (TPSA) is 40.0 Å². The predicted octanol–water partition coefficient (Wildman–Crippen LogP) is 4.52. The smallest absolute Gasteiger partial charge is 0.165 e. The van der Waals surface area contributed by atoms with Gasteiger partial charge in [-0.3, -0.25) is 4.99 Å². The van der Waals surface area contributed by atoms with E-state index in [0.717, 1.165) is 34.1 Å². The van der Waals surface area contributed by atoms with Crippen LogP contribution in [0.3, 0.4) is 0 Å². The van der Waals surface area contributed by atoms with Crippen LogP contribution in [0.15, 0.2) is 41.4 Å². The quantitative estimate of drug-likeness (QED) is 0.770. The van der Waals surface area contributed by atoms with Crippen LogP contribution < -0.4 is 14.2 Å². The minimum absolute atomic E-state index is 0.183. The average molecular weight is 375 g/mol. The Morgan fingerprint density at radius 2 is 1.81 bits per heavy atom. The van der Waals surface area contributed by atoms with Crippen molar-refractivity contribution in [3.05, 3.63) is 53.3 Å². The highest BCUT2D eigenvalue weighted by atomic mass is 32.2. The normalized spacial score (nSPS) is 17.2. The van der Waals surface area contributed by atoms with E-state index in [1.807, 2.05) is 36.0 Å². The summed E-state index contributed by atoms with van der Waals surface area (Å²) in [7, 11) is 4.76. The molecule has 2 aromatic rings. The fraction of sp³-hybridized carbons (Fsp3) is 0.350. The molecule has 1 heterocycles. The third kappa shape index (κ3) is 3.96. The molecule has 0 saturated heterocycles. The molecule has 1 aliphatic rings. The molecule has 26 heavy (non-hydrogen) atoms. The molecular weight excluding hydrogens is 353 g/mol. The lowest BCUT2D eigenvalue weighted by molar-refractivity contribution is 0.386. The van der Waals surface area contributed by atoms with Crippen molar-refractivity contribution in [2.24, 2.45) is 4.99 Å². The van der Waals surface area contributed by atoms with E-state index in [4.69, 9.17) is 14.2 Å². The number of methoxy groups -OCH3 is 3. The van der Waals surface area contributed by atoms with E-state index in [-0.39, 0.29) is 16.8 Å². The van der Waals surface area contributed by atoms with Crippen molar-refractivity contribution in [3.8, 4) is 17.2 Å². The predicted molar refractivity (Wildman–Crippen MR) is 104 cm³/mol. The molecule has 0 aromatic heterocycles. The van der Waals surface area contributed by atoms with E-state index in [0.29, 0.717) is 13.0 Å².